The van der Waals surface area contributed by atoms with Crippen molar-refractivity contribution in [2.75, 3.05) is 26.2 Å². The molecule has 2 aliphatic rings. The lowest BCUT2D eigenvalue weighted by Gasteiger charge is -2.40. The van der Waals surface area contributed by atoms with Crippen LogP contribution < -0.4 is 5.32 Å². The molecule has 2 fully saturated rings. The van der Waals surface area contributed by atoms with E-state index in [1.165, 1.54) is 32.5 Å². The molecule has 1 saturated carbocycles. The number of piperazine rings is 1. The summed E-state index contributed by atoms with van der Waals surface area (Å²) in [6.07, 6.45) is 2.88. The van der Waals surface area contributed by atoms with Crippen molar-refractivity contribution in [2.45, 2.75) is 39.2 Å². The molecule has 0 amide bonds. The number of nitrogens with one attached hydrogen (secondary N) is 1. The van der Waals surface area contributed by atoms with Gasteiger partial charge >= 0.3 is 0 Å². The van der Waals surface area contributed by atoms with Crippen molar-refractivity contribution in [3.63, 3.8) is 0 Å². The standard InChI is InChI=1S/C11H22N2/c1-10(2)8-13(7-6-12-10)9-11(3)4-5-11/h12H,4-9H2,1-3H3. The molecule has 0 atom stereocenters. The minimum Gasteiger partial charge on any atom is -0.309 e. The molecule has 76 valence electrons. The Morgan fingerprint density at radius 3 is 2.46 bits per heavy atom. The third-order valence-electron chi connectivity index (χ3n) is 3.36. The third kappa shape index (κ3) is 2.44. The fourth-order valence-corrected chi connectivity index (χ4v) is 2.29. The van der Waals surface area contributed by atoms with Crippen LogP contribution in [-0.2, 0) is 0 Å². The van der Waals surface area contributed by atoms with Gasteiger partial charge < -0.3 is 5.32 Å². The Morgan fingerprint density at radius 1 is 1.23 bits per heavy atom. The molecule has 0 spiro atoms. The maximum Gasteiger partial charge on any atom is 0.0252 e. The van der Waals surface area contributed by atoms with Gasteiger partial charge in [-0.3, -0.25) is 4.90 Å². The van der Waals surface area contributed by atoms with Gasteiger partial charge in [0, 0.05) is 31.7 Å². The van der Waals surface area contributed by atoms with E-state index in [0.29, 0.717) is 11.0 Å². The lowest BCUT2D eigenvalue weighted by atomic mass is 10.0. The van der Waals surface area contributed by atoms with Gasteiger partial charge in [-0.25, -0.2) is 0 Å². The van der Waals surface area contributed by atoms with Gasteiger partial charge in [-0.2, -0.15) is 0 Å². The van der Waals surface area contributed by atoms with Gasteiger partial charge in [-0.1, -0.05) is 6.92 Å². The average Bonchev–Trinajstić information content (AvgIpc) is 2.65. The molecule has 1 saturated heterocycles. The van der Waals surface area contributed by atoms with E-state index in [0.717, 1.165) is 6.54 Å². The highest BCUT2D eigenvalue weighted by Gasteiger charge is 2.40. The van der Waals surface area contributed by atoms with Crippen molar-refractivity contribution in [3.8, 4) is 0 Å². The Balaban J connectivity index is 1.86. The summed E-state index contributed by atoms with van der Waals surface area (Å²) in [5.74, 6) is 0. The fraction of sp³-hybridized carbons (Fsp3) is 1.00. The lowest BCUT2D eigenvalue weighted by molar-refractivity contribution is 0.133. The van der Waals surface area contributed by atoms with E-state index in [4.69, 9.17) is 0 Å². The van der Waals surface area contributed by atoms with Crippen molar-refractivity contribution >= 4 is 0 Å². The number of rotatable bonds is 2. The summed E-state index contributed by atoms with van der Waals surface area (Å²) < 4.78 is 0. The molecule has 0 radical (unpaired) electrons. The van der Waals surface area contributed by atoms with Gasteiger partial charge in [0.2, 0.25) is 0 Å². The first-order chi connectivity index (χ1) is 5.99. The first kappa shape index (κ1) is 9.47. The molecule has 0 aromatic carbocycles. The molecule has 0 bridgehead atoms. The minimum absolute atomic E-state index is 0.323. The van der Waals surface area contributed by atoms with Gasteiger partial charge in [-0.15, -0.1) is 0 Å². The van der Waals surface area contributed by atoms with E-state index in [-0.39, 0.29) is 0 Å². The van der Waals surface area contributed by atoms with Gasteiger partial charge in [-0.05, 0) is 32.1 Å². The molecule has 1 aliphatic heterocycles. The molecule has 1 N–H and O–H groups in total. The van der Waals surface area contributed by atoms with Crippen LogP contribution in [0.3, 0.4) is 0 Å². The van der Waals surface area contributed by atoms with Gasteiger partial charge in [0.15, 0.2) is 0 Å². The zero-order valence-corrected chi connectivity index (χ0v) is 9.19. The number of nitrogens with zero attached hydrogens (tertiary/aromatic N) is 1. The summed E-state index contributed by atoms with van der Waals surface area (Å²) in [4.78, 5) is 2.63. The highest BCUT2D eigenvalue weighted by atomic mass is 15.2. The Bertz CT molecular complexity index is 192. The van der Waals surface area contributed by atoms with Crippen LogP contribution in [0.2, 0.25) is 0 Å². The summed E-state index contributed by atoms with van der Waals surface area (Å²) in [5, 5.41) is 3.55. The molecule has 1 aliphatic carbocycles. The number of hydrogen-bond acceptors (Lipinski definition) is 2. The van der Waals surface area contributed by atoms with E-state index in [2.05, 4.69) is 31.0 Å². The Hall–Kier alpha value is -0.0800. The highest BCUT2D eigenvalue weighted by molar-refractivity contribution is 4.95. The zero-order valence-electron chi connectivity index (χ0n) is 9.19. The summed E-state index contributed by atoms with van der Waals surface area (Å²) in [6, 6.07) is 0. The van der Waals surface area contributed by atoms with Crippen LogP contribution in [0, 0.1) is 5.41 Å². The van der Waals surface area contributed by atoms with E-state index in [1.807, 2.05) is 0 Å². The molecule has 1 heterocycles. The molecule has 13 heavy (non-hydrogen) atoms. The predicted octanol–water partition coefficient (Wildman–Crippen LogP) is 1.47. The van der Waals surface area contributed by atoms with Crippen LogP contribution in [0.5, 0.6) is 0 Å². The SMILES string of the molecule is CC1(CN2CCNC(C)(C)C2)CC1. The van der Waals surface area contributed by atoms with Crippen LogP contribution in [0.15, 0.2) is 0 Å². The topological polar surface area (TPSA) is 15.3 Å². The normalized spacial score (nSPS) is 31.6. The second-order valence-corrected chi connectivity index (χ2v) is 5.83. The zero-order chi connectivity index (χ0) is 9.53. The van der Waals surface area contributed by atoms with Crippen LogP contribution in [-0.4, -0.2) is 36.6 Å². The average molecular weight is 182 g/mol. The van der Waals surface area contributed by atoms with Gasteiger partial charge in [0.05, 0.1) is 0 Å². The van der Waals surface area contributed by atoms with E-state index in [9.17, 15) is 0 Å². The molecular formula is C11H22N2. The third-order valence-corrected chi connectivity index (χ3v) is 3.36. The quantitative estimate of drug-likeness (QED) is 0.695. The van der Waals surface area contributed by atoms with Gasteiger partial charge in [0.25, 0.3) is 0 Å². The Morgan fingerprint density at radius 2 is 1.92 bits per heavy atom. The van der Waals surface area contributed by atoms with Crippen LogP contribution >= 0.6 is 0 Å². The van der Waals surface area contributed by atoms with E-state index in [1.54, 1.807) is 0 Å². The maximum atomic E-state index is 3.55. The highest BCUT2D eigenvalue weighted by Crippen LogP contribution is 2.45. The van der Waals surface area contributed by atoms with Crippen LogP contribution in [0.25, 0.3) is 0 Å². The van der Waals surface area contributed by atoms with Crippen molar-refractivity contribution in [1.29, 1.82) is 0 Å². The second kappa shape index (κ2) is 2.96. The molecule has 2 heteroatoms. The predicted molar refractivity (Wildman–Crippen MR) is 55.9 cm³/mol. The Labute approximate surface area is 81.7 Å². The van der Waals surface area contributed by atoms with Crippen molar-refractivity contribution in [1.82, 2.24) is 10.2 Å². The smallest absolute Gasteiger partial charge is 0.0252 e. The molecule has 2 rings (SSSR count). The largest absolute Gasteiger partial charge is 0.309 e. The summed E-state index contributed by atoms with van der Waals surface area (Å²) in [5.41, 5.74) is 0.997. The summed E-state index contributed by atoms with van der Waals surface area (Å²) in [7, 11) is 0. The van der Waals surface area contributed by atoms with E-state index >= 15 is 0 Å². The summed E-state index contributed by atoms with van der Waals surface area (Å²) >= 11 is 0. The van der Waals surface area contributed by atoms with Crippen LogP contribution in [0.1, 0.15) is 33.6 Å². The molecular weight excluding hydrogens is 160 g/mol. The number of hydrogen-bond donors (Lipinski definition) is 1. The molecule has 0 aromatic rings. The summed E-state index contributed by atoms with van der Waals surface area (Å²) in [6.45, 7) is 11.9. The molecule has 0 aromatic heterocycles. The second-order valence-electron chi connectivity index (χ2n) is 5.83. The first-order valence-corrected chi connectivity index (χ1v) is 5.47. The van der Waals surface area contributed by atoms with Crippen molar-refractivity contribution < 1.29 is 0 Å². The maximum absolute atomic E-state index is 3.55. The van der Waals surface area contributed by atoms with E-state index < -0.39 is 0 Å². The minimum atomic E-state index is 0.323. The van der Waals surface area contributed by atoms with Crippen molar-refractivity contribution in [3.05, 3.63) is 0 Å². The monoisotopic (exact) mass is 182 g/mol. The first-order valence-electron chi connectivity index (χ1n) is 5.47. The fourth-order valence-electron chi connectivity index (χ4n) is 2.29. The lowest BCUT2D eigenvalue weighted by Crippen LogP contribution is -2.57. The molecule has 0 unspecified atom stereocenters. The van der Waals surface area contributed by atoms with Gasteiger partial charge in [0.1, 0.15) is 0 Å². The Kier molecular flexibility index (Phi) is 2.16. The molecule has 2 nitrogen and oxygen atoms in total. The van der Waals surface area contributed by atoms with Crippen molar-refractivity contribution in [2.24, 2.45) is 5.41 Å². The van der Waals surface area contributed by atoms with Crippen LogP contribution in [0.4, 0.5) is 0 Å².